The highest BCUT2D eigenvalue weighted by Gasteiger charge is 2.24. The molecule has 0 N–H and O–H groups in total. The molecule has 0 heterocycles. The van der Waals surface area contributed by atoms with Crippen LogP contribution in [-0.4, -0.2) is 18.8 Å². The van der Waals surface area contributed by atoms with E-state index in [9.17, 15) is 4.79 Å². The standard InChI is InChI=1S/C21H23BrN2O/c1-5-15-10-8-9-11-18(15)21(23-4)24(20(25)7-3)19-13-12-17(22)14-16(19)6-2/h7-14H,3,5-6H2,1-2,4H3. The van der Waals surface area contributed by atoms with Gasteiger partial charge in [0, 0.05) is 17.1 Å². The molecule has 0 saturated heterocycles. The van der Waals surface area contributed by atoms with Gasteiger partial charge in [0.05, 0.1) is 5.69 Å². The number of nitrogens with zero attached hydrogens (tertiary/aromatic N) is 2. The van der Waals surface area contributed by atoms with Crippen molar-refractivity contribution in [3.05, 3.63) is 76.3 Å². The summed E-state index contributed by atoms with van der Waals surface area (Å²) >= 11 is 3.51. The summed E-state index contributed by atoms with van der Waals surface area (Å²) in [5, 5.41) is 0. The summed E-state index contributed by atoms with van der Waals surface area (Å²) < 4.78 is 0.989. The van der Waals surface area contributed by atoms with Crippen molar-refractivity contribution >= 4 is 33.4 Å². The summed E-state index contributed by atoms with van der Waals surface area (Å²) in [4.78, 5) is 18.9. The second-order valence-electron chi connectivity index (χ2n) is 5.56. The smallest absolute Gasteiger partial charge is 0.256 e. The molecule has 0 spiro atoms. The van der Waals surface area contributed by atoms with Crippen LogP contribution in [0, 0.1) is 0 Å². The van der Waals surface area contributed by atoms with Crippen LogP contribution in [-0.2, 0) is 17.6 Å². The number of hydrogen-bond donors (Lipinski definition) is 0. The van der Waals surface area contributed by atoms with Gasteiger partial charge in [0.1, 0.15) is 5.84 Å². The van der Waals surface area contributed by atoms with Crippen molar-refractivity contribution < 1.29 is 4.79 Å². The average molecular weight is 399 g/mol. The summed E-state index contributed by atoms with van der Waals surface area (Å²) in [5.74, 6) is 0.447. The zero-order valence-electron chi connectivity index (χ0n) is 14.9. The summed E-state index contributed by atoms with van der Waals surface area (Å²) in [5.41, 5.74) is 4.02. The number of benzene rings is 2. The average Bonchev–Trinajstić information content (AvgIpc) is 2.65. The van der Waals surface area contributed by atoms with E-state index in [2.05, 4.69) is 47.4 Å². The molecule has 4 heteroatoms. The van der Waals surface area contributed by atoms with Gasteiger partial charge in [0.25, 0.3) is 5.91 Å². The fourth-order valence-corrected chi connectivity index (χ4v) is 3.28. The van der Waals surface area contributed by atoms with Gasteiger partial charge in [-0.1, -0.05) is 60.6 Å². The highest BCUT2D eigenvalue weighted by molar-refractivity contribution is 9.10. The molecule has 2 aromatic carbocycles. The first-order valence-electron chi connectivity index (χ1n) is 8.37. The largest absolute Gasteiger partial charge is 0.271 e. The van der Waals surface area contributed by atoms with Crippen LogP contribution in [0.15, 0.2) is 64.6 Å². The second-order valence-corrected chi connectivity index (χ2v) is 6.48. The van der Waals surface area contributed by atoms with Gasteiger partial charge < -0.3 is 0 Å². The van der Waals surface area contributed by atoms with E-state index in [-0.39, 0.29) is 5.91 Å². The Morgan fingerprint density at radius 1 is 1.16 bits per heavy atom. The summed E-state index contributed by atoms with van der Waals surface area (Å²) in [6, 6.07) is 14.0. The van der Waals surface area contributed by atoms with Gasteiger partial charge in [-0.25, -0.2) is 0 Å². The van der Waals surface area contributed by atoms with Crippen LogP contribution in [0.4, 0.5) is 5.69 Å². The van der Waals surface area contributed by atoms with Gasteiger partial charge >= 0.3 is 0 Å². The summed E-state index contributed by atoms with van der Waals surface area (Å²) in [6.45, 7) is 7.85. The number of rotatable bonds is 5. The lowest BCUT2D eigenvalue weighted by molar-refractivity contribution is -0.113. The molecule has 0 saturated carbocycles. The molecule has 0 atom stereocenters. The highest BCUT2D eigenvalue weighted by atomic mass is 79.9. The summed E-state index contributed by atoms with van der Waals surface area (Å²) in [6.07, 6.45) is 3.01. The van der Waals surface area contributed by atoms with Gasteiger partial charge in [-0.15, -0.1) is 0 Å². The van der Waals surface area contributed by atoms with E-state index in [1.807, 2.05) is 36.4 Å². The topological polar surface area (TPSA) is 32.7 Å². The van der Waals surface area contributed by atoms with Crippen LogP contribution in [0.2, 0.25) is 0 Å². The Bertz CT molecular complexity index is 811. The predicted octanol–water partition coefficient (Wildman–Crippen LogP) is 5.17. The molecule has 0 bridgehead atoms. The lowest BCUT2D eigenvalue weighted by Crippen LogP contribution is -2.37. The van der Waals surface area contributed by atoms with Gasteiger partial charge in [0.2, 0.25) is 0 Å². The molecule has 2 aromatic rings. The third-order valence-corrected chi connectivity index (χ3v) is 4.61. The highest BCUT2D eigenvalue weighted by Crippen LogP contribution is 2.28. The number of amides is 1. The second kappa shape index (κ2) is 8.77. The number of carbonyl (C=O) groups excluding carboxylic acids is 1. The fourth-order valence-electron chi connectivity index (χ4n) is 2.87. The molecule has 130 valence electrons. The molecule has 0 aliphatic rings. The molecule has 0 fully saturated rings. The molecule has 0 unspecified atom stereocenters. The molecule has 0 aliphatic heterocycles. The monoisotopic (exact) mass is 398 g/mol. The molecule has 0 aromatic heterocycles. The molecule has 1 amide bonds. The van der Waals surface area contributed by atoms with E-state index in [0.29, 0.717) is 5.84 Å². The van der Waals surface area contributed by atoms with Crippen LogP contribution >= 0.6 is 15.9 Å². The van der Waals surface area contributed by atoms with E-state index in [0.717, 1.165) is 39.7 Å². The van der Waals surface area contributed by atoms with Gasteiger partial charge in [-0.3, -0.25) is 14.7 Å². The third-order valence-electron chi connectivity index (χ3n) is 4.12. The Labute approximate surface area is 158 Å². The zero-order valence-corrected chi connectivity index (χ0v) is 16.5. The van der Waals surface area contributed by atoms with Crippen molar-refractivity contribution in [2.45, 2.75) is 26.7 Å². The maximum atomic E-state index is 12.8. The third kappa shape index (κ3) is 4.07. The Morgan fingerprint density at radius 2 is 1.84 bits per heavy atom. The van der Waals surface area contributed by atoms with E-state index >= 15 is 0 Å². The van der Waals surface area contributed by atoms with Crippen molar-refractivity contribution in [2.24, 2.45) is 4.99 Å². The minimum absolute atomic E-state index is 0.191. The quantitative estimate of drug-likeness (QED) is 0.388. The van der Waals surface area contributed by atoms with Crippen LogP contribution in [0.25, 0.3) is 0 Å². The van der Waals surface area contributed by atoms with Crippen LogP contribution < -0.4 is 4.90 Å². The molecule has 25 heavy (non-hydrogen) atoms. The Hall–Kier alpha value is -2.20. The number of hydrogen-bond acceptors (Lipinski definition) is 2. The SMILES string of the molecule is C=CC(=O)N(C(=NC)c1ccccc1CC)c1ccc(Br)cc1CC. The van der Waals surface area contributed by atoms with Gasteiger partial charge in [-0.05, 0) is 48.2 Å². The maximum absolute atomic E-state index is 12.8. The lowest BCUT2D eigenvalue weighted by Gasteiger charge is -2.26. The molecule has 0 aliphatic carbocycles. The number of aliphatic imine (C=N–C) groups is 1. The predicted molar refractivity (Wildman–Crippen MR) is 109 cm³/mol. The molecular formula is C21H23BrN2O. The van der Waals surface area contributed by atoms with Crippen LogP contribution in [0.5, 0.6) is 0 Å². The normalized spacial score (nSPS) is 11.3. The van der Waals surface area contributed by atoms with E-state index < -0.39 is 0 Å². The Kier molecular flexibility index (Phi) is 6.71. The number of anilines is 1. The number of amidine groups is 1. The van der Waals surface area contributed by atoms with E-state index in [4.69, 9.17) is 0 Å². The van der Waals surface area contributed by atoms with Gasteiger partial charge in [0.15, 0.2) is 0 Å². The minimum Gasteiger partial charge on any atom is -0.271 e. The van der Waals surface area contributed by atoms with Gasteiger partial charge in [-0.2, -0.15) is 0 Å². The first-order chi connectivity index (χ1) is 12.1. The lowest BCUT2D eigenvalue weighted by atomic mass is 10.0. The summed E-state index contributed by atoms with van der Waals surface area (Å²) in [7, 11) is 1.72. The molecule has 2 rings (SSSR count). The number of carbonyl (C=O) groups is 1. The minimum atomic E-state index is -0.191. The van der Waals surface area contributed by atoms with Crippen molar-refractivity contribution in [3.63, 3.8) is 0 Å². The number of aryl methyl sites for hydroxylation is 2. The molecular weight excluding hydrogens is 376 g/mol. The van der Waals surface area contributed by atoms with Crippen molar-refractivity contribution in [1.82, 2.24) is 0 Å². The Morgan fingerprint density at radius 3 is 2.44 bits per heavy atom. The van der Waals surface area contributed by atoms with Crippen LogP contribution in [0.1, 0.15) is 30.5 Å². The fraction of sp³-hybridized carbons (Fsp3) is 0.238. The zero-order chi connectivity index (χ0) is 18.4. The van der Waals surface area contributed by atoms with E-state index in [1.165, 1.54) is 6.08 Å². The first-order valence-corrected chi connectivity index (χ1v) is 9.16. The molecule has 3 nitrogen and oxygen atoms in total. The molecule has 0 radical (unpaired) electrons. The van der Waals surface area contributed by atoms with Crippen molar-refractivity contribution in [1.29, 1.82) is 0 Å². The van der Waals surface area contributed by atoms with Crippen molar-refractivity contribution in [3.8, 4) is 0 Å². The van der Waals surface area contributed by atoms with E-state index in [1.54, 1.807) is 11.9 Å². The first kappa shape index (κ1) is 19.1. The number of halogens is 1. The Balaban J connectivity index is 2.69. The van der Waals surface area contributed by atoms with Crippen LogP contribution in [0.3, 0.4) is 0 Å². The maximum Gasteiger partial charge on any atom is 0.256 e. The van der Waals surface area contributed by atoms with Crippen molar-refractivity contribution in [2.75, 3.05) is 11.9 Å².